The van der Waals surface area contributed by atoms with E-state index in [-0.39, 0.29) is 24.5 Å². The van der Waals surface area contributed by atoms with Crippen LogP contribution in [0.4, 0.5) is 5.69 Å². The third kappa shape index (κ3) is 2.15. The molecule has 0 saturated carbocycles. The van der Waals surface area contributed by atoms with Gasteiger partial charge in [-0.3, -0.25) is 4.79 Å². The SMILES string of the molecule is CC(C)n1cc(N)cc1C(=O)N1CC(CO)C1. The number of nitrogen functional groups attached to an aromatic ring is 1. The number of amides is 1. The lowest BCUT2D eigenvalue weighted by molar-refractivity contribution is 0.0351. The van der Waals surface area contributed by atoms with E-state index in [1.807, 2.05) is 18.4 Å². The highest BCUT2D eigenvalue weighted by Gasteiger charge is 2.32. The number of hydrogen-bond acceptors (Lipinski definition) is 3. The van der Waals surface area contributed by atoms with Gasteiger partial charge in [-0.15, -0.1) is 0 Å². The molecule has 17 heavy (non-hydrogen) atoms. The Labute approximate surface area is 101 Å². The van der Waals surface area contributed by atoms with Gasteiger partial charge in [-0.1, -0.05) is 0 Å². The monoisotopic (exact) mass is 237 g/mol. The fourth-order valence-corrected chi connectivity index (χ4v) is 2.11. The maximum absolute atomic E-state index is 12.2. The summed E-state index contributed by atoms with van der Waals surface area (Å²) < 4.78 is 1.89. The Bertz CT molecular complexity index is 419. The molecule has 1 aliphatic heterocycles. The van der Waals surface area contributed by atoms with E-state index in [0.717, 1.165) is 0 Å². The lowest BCUT2D eigenvalue weighted by atomic mass is 10.0. The molecule has 1 aromatic rings. The Hall–Kier alpha value is -1.49. The van der Waals surface area contributed by atoms with Crippen LogP contribution in [0, 0.1) is 5.92 Å². The van der Waals surface area contributed by atoms with Crippen molar-refractivity contribution in [2.45, 2.75) is 19.9 Å². The smallest absolute Gasteiger partial charge is 0.270 e. The fraction of sp³-hybridized carbons (Fsp3) is 0.583. The van der Waals surface area contributed by atoms with Crippen LogP contribution in [-0.2, 0) is 0 Å². The lowest BCUT2D eigenvalue weighted by Crippen LogP contribution is -2.51. The molecule has 0 aliphatic carbocycles. The van der Waals surface area contributed by atoms with Crippen molar-refractivity contribution in [3.8, 4) is 0 Å². The molecule has 1 fully saturated rings. The number of anilines is 1. The molecule has 0 bridgehead atoms. The van der Waals surface area contributed by atoms with Gasteiger partial charge in [0.2, 0.25) is 0 Å². The minimum atomic E-state index is 0.0000926. The Kier molecular flexibility index (Phi) is 3.11. The number of nitrogens with zero attached hydrogens (tertiary/aromatic N) is 2. The van der Waals surface area contributed by atoms with E-state index >= 15 is 0 Å². The van der Waals surface area contributed by atoms with Crippen LogP contribution >= 0.6 is 0 Å². The van der Waals surface area contributed by atoms with E-state index < -0.39 is 0 Å². The summed E-state index contributed by atoms with van der Waals surface area (Å²) >= 11 is 0. The number of hydrogen-bond donors (Lipinski definition) is 2. The molecule has 1 aliphatic rings. The van der Waals surface area contributed by atoms with Crippen molar-refractivity contribution in [2.24, 2.45) is 5.92 Å². The van der Waals surface area contributed by atoms with Crippen molar-refractivity contribution in [1.29, 1.82) is 0 Å². The van der Waals surface area contributed by atoms with Crippen LogP contribution in [-0.4, -0.2) is 40.2 Å². The molecule has 0 aromatic carbocycles. The molecule has 2 rings (SSSR count). The van der Waals surface area contributed by atoms with Crippen LogP contribution in [0.3, 0.4) is 0 Å². The third-order valence-corrected chi connectivity index (χ3v) is 3.15. The number of aliphatic hydroxyl groups is 1. The predicted molar refractivity (Wildman–Crippen MR) is 65.7 cm³/mol. The molecule has 0 atom stereocenters. The summed E-state index contributed by atoms with van der Waals surface area (Å²) in [5.41, 5.74) is 6.98. The highest BCUT2D eigenvalue weighted by molar-refractivity contribution is 5.94. The van der Waals surface area contributed by atoms with Crippen LogP contribution in [0.15, 0.2) is 12.3 Å². The van der Waals surface area contributed by atoms with Gasteiger partial charge in [-0.25, -0.2) is 0 Å². The highest BCUT2D eigenvalue weighted by Crippen LogP contribution is 2.22. The summed E-state index contributed by atoms with van der Waals surface area (Å²) in [7, 11) is 0. The third-order valence-electron chi connectivity index (χ3n) is 3.15. The van der Waals surface area contributed by atoms with Crippen molar-refractivity contribution in [3.63, 3.8) is 0 Å². The second-order valence-corrected chi connectivity index (χ2v) is 4.92. The molecule has 0 radical (unpaired) electrons. The molecule has 1 aromatic heterocycles. The van der Waals surface area contributed by atoms with E-state index in [1.165, 1.54) is 0 Å². The van der Waals surface area contributed by atoms with E-state index in [4.69, 9.17) is 10.8 Å². The normalized spacial score (nSPS) is 16.4. The Morgan fingerprint density at radius 2 is 2.24 bits per heavy atom. The van der Waals surface area contributed by atoms with Gasteiger partial charge in [0.25, 0.3) is 5.91 Å². The maximum Gasteiger partial charge on any atom is 0.270 e. The van der Waals surface area contributed by atoms with E-state index in [2.05, 4.69) is 0 Å². The van der Waals surface area contributed by atoms with E-state index in [9.17, 15) is 4.79 Å². The molecule has 1 saturated heterocycles. The van der Waals surface area contributed by atoms with Gasteiger partial charge in [0.05, 0.1) is 5.69 Å². The molecular weight excluding hydrogens is 218 g/mol. The molecule has 0 unspecified atom stereocenters. The number of aliphatic hydroxyl groups excluding tert-OH is 1. The van der Waals surface area contributed by atoms with Crippen molar-refractivity contribution in [3.05, 3.63) is 18.0 Å². The van der Waals surface area contributed by atoms with E-state index in [0.29, 0.717) is 24.5 Å². The summed E-state index contributed by atoms with van der Waals surface area (Å²) in [5, 5.41) is 8.94. The zero-order valence-corrected chi connectivity index (χ0v) is 10.3. The van der Waals surface area contributed by atoms with Gasteiger partial charge in [0.15, 0.2) is 0 Å². The van der Waals surface area contributed by atoms with Crippen molar-refractivity contribution in [1.82, 2.24) is 9.47 Å². The van der Waals surface area contributed by atoms with Crippen molar-refractivity contribution in [2.75, 3.05) is 25.4 Å². The minimum absolute atomic E-state index is 0.0000926. The molecule has 5 heteroatoms. The van der Waals surface area contributed by atoms with Crippen molar-refractivity contribution < 1.29 is 9.90 Å². The molecular formula is C12H19N3O2. The lowest BCUT2D eigenvalue weighted by Gasteiger charge is -2.38. The molecule has 0 spiro atoms. The predicted octanol–water partition coefficient (Wildman–Crippen LogP) is 0.716. The fourth-order valence-electron chi connectivity index (χ4n) is 2.11. The largest absolute Gasteiger partial charge is 0.397 e. The Morgan fingerprint density at radius 1 is 1.59 bits per heavy atom. The molecule has 5 nitrogen and oxygen atoms in total. The second-order valence-electron chi connectivity index (χ2n) is 4.92. The average Bonchev–Trinajstić information content (AvgIpc) is 2.58. The summed E-state index contributed by atoms with van der Waals surface area (Å²) in [6.45, 7) is 5.46. The van der Waals surface area contributed by atoms with Crippen LogP contribution in [0.2, 0.25) is 0 Å². The minimum Gasteiger partial charge on any atom is -0.397 e. The summed E-state index contributed by atoms with van der Waals surface area (Å²) in [6.07, 6.45) is 1.79. The summed E-state index contributed by atoms with van der Waals surface area (Å²) in [6, 6.07) is 1.93. The van der Waals surface area contributed by atoms with Crippen LogP contribution < -0.4 is 5.73 Å². The first-order chi connectivity index (χ1) is 8.02. The standard InChI is InChI=1S/C12H19N3O2/c1-8(2)15-6-10(13)3-11(15)12(17)14-4-9(5-14)7-16/h3,6,8-9,16H,4-5,7,13H2,1-2H3. The number of aromatic nitrogens is 1. The Morgan fingerprint density at radius 3 is 2.76 bits per heavy atom. The first-order valence-corrected chi connectivity index (χ1v) is 5.90. The number of carbonyl (C=O) groups is 1. The highest BCUT2D eigenvalue weighted by atomic mass is 16.3. The van der Waals surface area contributed by atoms with E-state index in [1.54, 1.807) is 17.2 Å². The summed E-state index contributed by atoms with van der Waals surface area (Å²) in [4.78, 5) is 13.9. The van der Waals surface area contributed by atoms with Crippen LogP contribution in [0.25, 0.3) is 0 Å². The quantitative estimate of drug-likeness (QED) is 0.813. The average molecular weight is 237 g/mol. The topological polar surface area (TPSA) is 71.5 Å². The Balaban J connectivity index is 2.14. The first-order valence-electron chi connectivity index (χ1n) is 5.90. The second kappa shape index (κ2) is 4.41. The number of nitrogens with two attached hydrogens (primary N) is 1. The van der Waals surface area contributed by atoms with Crippen molar-refractivity contribution >= 4 is 11.6 Å². The maximum atomic E-state index is 12.2. The van der Waals surface area contributed by atoms with Gasteiger partial charge in [-0.2, -0.15) is 0 Å². The number of carbonyl (C=O) groups excluding carboxylic acids is 1. The first kappa shape index (κ1) is 12.0. The number of rotatable bonds is 3. The van der Waals surface area contributed by atoms with Gasteiger partial charge in [0, 0.05) is 37.9 Å². The number of likely N-dealkylation sites (tertiary alicyclic amines) is 1. The van der Waals surface area contributed by atoms with Gasteiger partial charge < -0.3 is 20.3 Å². The molecule has 94 valence electrons. The molecule has 1 amide bonds. The van der Waals surface area contributed by atoms with Gasteiger partial charge >= 0.3 is 0 Å². The zero-order chi connectivity index (χ0) is 12.6. The molecule has 2 heterocycles. The molecule has 3 N–H and O–H groups in total. The van der Waals surface area contributed by atoms with Crippen LogP contribution in [0.5, 0.6) is 0 Å². The van der Waals surface area contributed by atoms with Gasteiger partial charge in [0.1, 0.15) is 5.69 Å². The van der Waals surface area contributed by atoms with Crippen LogP contribution in [0.1, 0.15) is 30.4 Å². The van der Waals surface area contributed by atoms with Gasteiger partial charge in [-0.05, 0) is 19.9 Å². The summed E-state index contributed by atoms with van der Waals surface area (Å²) in [5.74, 6) is 0.235. The zero-order valence-electron chi connectivity index (χ0n) is 10.3.